The first-order valence-electron chi connectivity index (χ1n) is 3.59. The Kier molecular flexibility index (Phi) is 3.64. The normalized spacial score (nSPS) is 9.31. The predicted molar refractivity (Wildman–Crippen MR) is 51.1 cm³/mol. The van der Waals surface area contributed by atoms with Crippen molar-refractivity contribution in [1.29, 1.82) is 0 Å². The molecule has 0 spiro atoms. The molecule has 0 saturated carbocycles. The molecule has 0 atom stereocenters. The van der Waals surface area contributed by atoms with Crippen LogP contribution >= 0.6 is 15.9 Å². The second-order valence-electron chi connectivity index (χ2n) is 2.28. The molecule has 0 aliphatic carbocycles. The molecule has 0 aliphatic rings. The first-order valence-corrected chi connectivity index (χ1v) is 4.38. The maximum atomic E-state index is 10.6. The van der Waals surface area contributed by atoms with Crippen LogP contribution in [0.25, 0.3) is 0 Å². The van der Waals surface area contributed by atoms with Gasteiger partial charge in [-0.05, 0) is 18.2 Å². The molecule has 4 heteroatoms. The number of hydrogen-bond acceptors (Lipinski definition) is 3. The maximum Gasteiger partial charge on any atom is 0.157 e. The van der Waals surface area contributed by atoms with Gasteiger partial charge in [0.05, 0.1) is 5.56 Å². The van der Waals surface area contributed by atoms with Crippen LogP contribution in [0.15, 0.2) is 22.7 Å². The van der Waals surface area contributed by atoms with Gasteiger partial charge in [0, 0.05) is 4.47 Å². The fraction of sp³-hybridized carbons (Fsp3) is 0.111. The number of rotatable bonds is 4. The van der Waals surface area contributed by atoms with Crippen LogP contribution in [0, 0.1) is 0 Å². The average molecular weight is 243 g/mol. The van der Waals surface area contributed by atoms with Gasteiger partial charge in [0.25, 0.3) is 0 Å². The molecule has 3 nitrogen and oxygen atoms in total. The zero-order valence-electron chi connectivity index (χ0n) is 6.70. The quantitative estimate of drug-likeness (QED) is 0.758. The summed E-state index contributed by atoms with van der Waals surface area (Å²) in [5.74, 6) is 0.422. The molecule has 0 aliphatic heterocycles. The molecule has 0 saturated heterocycles. The molecule has 0 fully saturated rings. The summed E-state index contributed by atoms with van der Waals surface area (Å²) in [6.07, 6.45) is 1.32. The van der Waals surface area contributed by atoms with Gasteiger partial charge in [0.2, 0.25) is 0 Å². The Hall–Kier alpha value is -1.16. The van der Waals surface area contributed by atoms with E-state index in [0.717, 1.165) is 4.47 Å². The maximum absolute atomic E-state index is 10.6. The first-order chi connectivity index (χ1) is 6.27. The Morgan fingerprint density at radius 2 is 2.15 bits per heavy atom. The lowest BCUT2D eigenvalue weighted by Gasteiger charge is -2.04. The van der Waals surface area contributed by atoms with Crippen molar-refractivity contribution in [3.63, 3.8) is 0 Å². The molecule has 1 aromatic rings. The molecule has 1 aromatic carbocycles. The fourth-order valence-electron chi connectivity index (χ4n) is 0.867. The highest BCUT2D eigenvalue weighted by atomic mass is 79.9. The van der Waals surface area contributed by atoms with Crippen molar-refractivity contribution in [1.82, 2.24) is 0 Å². The van der Waals surface area contributed by atoms with Crippen molar-refractivity contribution >= 4 is 28.5 Å². The van der Waals surface area contributed by atoms with E-state index in [1.165, 1.54) is 0 Å². The minimum atomic E-state index is -0.0392. The van der Waals surface area contributed by atoms with E-state index < -0.39 is 0 Å². The minimum Gasteiger partial charge on any atom is -0.485 e. The van der Waals surface area contributed by atoms with Gasteiger partial charge in [-0.15, -0.1) is 0 Å². The Balaban J connectivity index is 2.91. The highest BCUT2D eigenvalue weighted by molar-refractivity contribution is 9.10. The van der Waals surface area contributed by atoms with Gasteiger partial charge in [0.15, 0.2) is 12.6 Å². The van der Waals surface area contributed by atoms with Gasteiger partial charge < -0.3 is 4.74 Å². The molecular formula is C9H7BrO3. The summed E-state index contributed by atoms with van der Waals surface area (Å²) in [5, 5.41) is 0. The highest BCUT2D eigenvalue weighted by Crippen LogP contribution is 2.21. The SMILES string of the molecule is O=CCOc1ccc(Br)cc1C=O. The van der Waals surface area contributed by atoms with Gasteiger partial charge in [-0.25, -0.2) is 0 Å². The van der Waals surface area contributed by atoms with Crippen LogP contribution in [0.2, 0.25) is 0 Å². The van der Waals surface area contributed by atoms with Crippen molar-refractivity contribution in [2.75, 3.05) is 6.61 Å². The summed E-state index contributed by atoms with van der Waals surface area (Å²) in [7, 11) is 0. The predicted octanol–water partition coefficient (Wildman–Crippen LogP) is 1.84. The fourth-order valence-corrected chi connectivity index (χ4v) is 1.25. The van der Waals surface area contributed by atoms with Gasteiger partial charge >= 0.3 is 0 Å². The number of carbonyl (C=O) groups excluding carboxylic acids is 2. The van der Waals surface area contributed by atoms with Gasteiger partial charge in [0.1, 0.15) is 12.4 Å². The molecule has 13 heavy (non-hydrogen) atoms. The summed E-state index contributed by atoms with van der Waals surface area (Å²) in [5.41, 5.74) is 0.427. The van der Waals surface area contributed by atoms with Crippen LogP contribution in [0.1, 0.15) is 10.4 Å². The number of ether oxygens (including phenoxy) is 1. The van der Waals surface area contributed by atoms with Crippen LogP contribution in [-0.4, -0.2) is 19.2 Å². The number of hydrogen-bond donors (Lipinski definition) is 0. The third kappa shape index (κ3) is 2.66. The van der Waals surface area contributed by atoms with Crippen molar-refractivity contribution in [3.8, 4) is 5.75 Å². The number of aldehydes is 2. The van der Waals surface area contributed by atoms with E-state index in [4.69, 9.17) is 4.74 Å². The average Bonchev–Trinajstić information content (AvgIpc) is 2.16. The molecule has 1 rings (SSSR count). The molecular weight excluding hydrogens is 236 g/mol. The largest absolute Gasteiger partial charge is 0.485 e. The summed E-state index contributed by atoms with van der Waals surface area (Å²) in [6.45, 7) is -0.0392. The summed E-state index contributed by atoms with van der Waals surface area (Å²) >= 11 is 3.22. The van der Waals surface area contributed by atoms with E-state index in [1.54, 1.807) is 18.2 Å². The summed E-state index contributed by atoms with van der Waals surface area (Å²) in [6, 6.07) is 5.01. The Morgan fingerprint density at radius 3 is 2.77 bits per heavy atom. The topological polar surface area (TPSA) is 43.4 Å². The molecule has 0 radical (unpaired) electrons. The summed E-state index contributed by atoms with van der Waals surface area (Å²) < 4.78 is 5.81. The minimum absolute atomic E-state index is 0.0392. The third-order valence-corrected chi connectivity index (χ3v) is 1.90. The Bertz CT molecular complexity index is 323. The van der Waals surface area contributed by atoms with Gasteiger partial charge in [-0.1, -0.05) is 15.9 Å². The first kappa shape index (κ1) is 9.92. The van der Waals surface area contributed by atoms with E-state index in [-0.39, 0.29) is 6.61 Å². The molecule has 68 valence electrons. The third-order valence-electron chi connectivity index (χ3n) is 1.41. The van der Waals surface area contributed by atoms with Crippen molar-refractivity contribution in [2.45, 2.75) is 0 Å². The number of halogens is 1. The molecule has 0 N–H and O–H groups in total. The molecule has 0 aromatic heterocycles. The van der Waals surface area contributed by atoms with E-state index in [9.17, 15) is 9.59 Å². The van der Waals surface area contributed by atoms with Crippen molar-refractivity contribution in [3.05, 3.63) is 28.2 Å². The van der Waals surface area contributed by atoms with Gasteiger partial charge in [-0.3, -0.25) is 9.59 Å². The Labute approximate surface area is 83.8 Å². The monoisotopic (exact) mass is 242 g/mol. The van der Waals surface area contributed by atoms with E-state index >= 15 is 0 Å². The van der Waals surface area contributed by atoms with E-state index in [1.807, 2.05) is 0 Å². The van der Waals surface area contributed by atoms with Crippen LogP contribution in [0.4, 0.5) is 0 Å². The lowest BCUT2D eigenvalue weighted by atomic mass is 10.2. The van der Waals surface area contributed by atoms with Crippen LogP contribution in [0.3, 0.4) is 0 Å². The Morgan fingerprint density at radius 1 is 1.38 bits per heavy atom. The highest BCUT2D eigenvalue weighted by Gasteiger charge is 2.02. The van der Waals surface area contributed by atoms with Crippen LogP contribution < -0.4 is 4.74 Å². The van der Waals surface area contributed by atoms with E-state index in [2.05, 4.69) is 15.9 Å². The zero-order chi connectivity index (χ0) is 9.68. The number of benzene rings is 1. The molecule has 0 unspecified atom stereocenters. The lowest BCUT2D eigenvalue weighted by Crippen LogP contribution is -2.00. The zero-order valence-corrected chi connectivity index (χ0v) is 8.28. The molecule has 0 heterocycles. The lowest BCUT2D eigenvalue weighted by molar-refractivity contribution is -0.109. The van der Waals surface area contributed by atoms with E-state index in [0.29, 0.717) is 23.9 Å². The standard InChI is InChI=1S/C9H7BrO3/c10-8-1-2-9(13-4-3-11)7(5-8)6-12/h1-3,5-6H,4H2. The van der Waals surface area contributed by atoms with Gasteiger partial charge in [-0.2, -0.15) is 0 Å². The van der Waals surface area contributed by atoms with Crippen molar-refractivity contribution < 1.29 is 14.3 Å². The summed E-state index contributed by atoms with van der Waals surface area (Å²) in [4.78, 5) is 20.6. The van der Waals surface area contributed by atoms with Crippen LogP contribution in [0.5, 0.6) is 5.75 Å². The van der Waals surface area contributed by atoms with Crippen LogP contribution in [-0.2, 0) is 4.79 Å². The molecule has 0 bridgehead atoms. The number of carbonyl (C=O) groups is 2. The molecule has 0 amide bonds. The second kappa shape index (κ2) is 4.77. The smallest absolute Gasteiger partial charge is 0.157 e. The second-order valence-corrected chi connectivity index (χ2v) is 3.19. The van der Waals surface area contributed by atoms with Crippen molar-refractivity contribution in [2.24, 2.45) is 0 Å².